The fourth-order valence-corrected chi connectivity index (χ4v) is 2.71. The van der Waals surface area contributed by atoms with Crippen LogP contribution in [0.25, 0.3) is 10.9 Å². The van der Waals surface area contributed by atoms with E-state index in [1.165, 1.54) is 25.6 Å². The van der Waals surface area contributed by atoms with Crippen molar-refractivity contribution < 1.29 is 0 Å². The molecular weight excluding hydrogens is 311 g/mol. The average Bonchev–Trinajstić information content (AvgIpc) is 2.64. The van der Waals surface area contributed by atoms with E-state index in [-0.39, 0.29) is 0 Å². The first-order valence-electron chi connectivity index (χ1n) is 5.49. The van der Waals surface area contributed by atoms with Crippen molar-refractivity contribution in [3.8, 4) is 0 Å². The van der Waals surface area contributed by atoms with E-state index in [1.54, 1.807) is 0 Å². The zero-order valence-electron chi connectivity index (χ0n) is 9.97. The second kappa shape index (κ2) is 4.75. The van der Waals surface area contributed by atoms with Gasteiger partial charge in [-0.15, -0.1) is 0 Å². The van der Waals surface area contributed by atoms with E-state index in [4.69, 9.17) is 0 Å². The van der Waals surface area contributed by atoms with Crippen LogP contribution in [0, 0.1) is 10.5 Å². The summed E-state index contributed by atoms with van der Waals surface area (Å²) in [5, 5.41) is 1.41. The Hall–Kier alpha value is -0.550. The Balaban J connectivity index is 2.42. The molecule has 1 heterocycles. The van der Waals surface area contributed by atoms with Gasteiger partial charge in [0, 0.05) is 27.2 Å². The highest BCUT2D eigenvalue weighted by Crippen LogP contribution is 2.27. The van der Waals surface area contributed by atoms with E-state index in [0.29, 0.717) is 0 Å². The van der Waals surface area contributed by atoms with Gasteiger partial charge in [0.25, 0.3) is 0 Å². The van der Waals surface area contributed by atoms with Gasteiger partial charge in [-0.05, 0) is 67.2 Å². The number of aromatic nitrogens is 1. The number of fused-ring (bicyclic) bond motifs is 1. The molecule has 2 aromatic rings. The van der Waals surface area contributed by atoms with Gasteiger partial charge in [-0.25, -0.2) is 0 Å². The Morgan fingerprint density at radius 3 is 2.75 bits per heavy atom. The molecule has 0 bridgehead atoms. The number of aryl methyl sites for hydroxylation is 1. The number of rotatable bonds is 3. The fourth-order valence-electron chi connectivity index (χ4n) is 1.89. The third kappa shape index (κ3) is 2.25. The maximum atomic E-state index is 3.36. The van der Waals surface area contributed by atoms with Crippen LogP contribution >= 0.6 is 22.6 Å². The van der Waals surface area contributed by atoms with Gasteiger partial charge in [-0.2, -0.15) is 0 Å². The molecule has 0 saturated heterocycles. The second-order valence-electron chi connectivity index (χ2n) is 4.49. The Morgan fingerprint density at radius 1 is 1.31 bits per heavy atom. The molecule has 0 aliphatic rings. The quantitative estimate of drug-likeness (QED) is 0.858. The van der Waals surface area contributed by atoms with Crippen molar-refractivity contribution in [2.75, 3.05) is 20.6 Å². The summed E-state index contributed by atoms with van der Waals surface area (Å²) >= 11 is 2.45. The molecule has 86 valence electrons. The molecule has 3 heteroatoms. The molecule has 0 fully saturated rings. The number of nitrogens with one attached hydrogen (secondary N) is 1. The summed E-state index contributed by atoms with van der Waals surface area (Å²) in [5.41, 5.74) is 4.04. The summed E-state index contributed by atoms with van der Waals surface area (Å²) in [6.07, 6.45) is 3.25. The van der Waals surface area contributed by atoms with Gasteiger partial charge in [0.05, 0.1) is 0 Å². The minimum atomic E-state index is 1.09. The first kappa shape index (κ1) is 11.9. The Bertz CT molecular complexity index is 500. The van der Waals surface area contributed by atoms with Crippen molar-refractivity contribution >= 4 is 33.5 Å². The molecule has 0 saturated carbocycles. The van der Waals surface area contributed by atoms with Crippen LogP contribution in [-0.2, 0) is 6.42 Å². The first-order valence-corrected chi connectivity index (χ1v) is 6.57. The number of aromatic amines is 1. The van der Waals surface area contributed by atoms with E-state index in [1.807, 2.05) is 0 Å². The highest BCUT2D eigenvalue weighted by Gasteiger charge is 2.08. The molecule has 0 unspecified atom stereocenters. The van der Waals surface area contributed by atoms with E-state index < -0.39 is 0 Å². The van der Waals surface area contributed by atoms with Gasteiger partial charge in [0.2, 0.25) is 0 Å². The Labute approximate surface area is 110 Å². The zero-order valence-corrected chi connectivity index (χ0v) is 12.1. The van der Waals surface area contributed by atoms with Crippen LogP contribution in [-0.4, -0.2) is 30.5 Å². The number of hydrogen-bond acceptors (Lipinski definition) is 1. The monoisotopic (exact) mass is 328 g/mol. The van der Waals surface area contributed by atoms with Gasteiger partial charge in [-0.1, -0.05) is 6.07 Å². The lowest BCUT2D eigenvalue weighted by molar-refractivity contribution is 0.414. The average molecular weight is 328 g/mol. The van der Waals surface area contributed by atoms with Gasteiger partial charge in [0.15, 0.2) is 0 Å². The van der Waals surface area contributed by atoms with Crippen LogP contribution in [0.4, 0.5) is 0 Å². The summed E-state index contributed by atoms with van der Waals surface area (Å²) < 4.78 is 1.38. The molecular formula is C13H17IN2. The maximum absolute atomic E-state index is 3.36. The largest absolute Gasteiger partial charge is 0.361 e. The predicted octanol–water partition coefficient (Wildman–Crippen LogP) is 3.19. The summed E-state index contributed by atoms with van der Waals surface area (Å²) in [7, 11) is 4.23. The van der Waals surface area contributed by atoms with Crippen molar-refractivity contribution in [1.29, 1.82) is 0 Å². The number of H-pyrrole nitrogens is 1. The van der Waals surface area contributed by atoms with Crippen molar-refractivity contribution in [3.05, 3.63) is 33.0 Å². The SMILES string of the molecule is Cc1ccc2[nH]cc(CCN(C)C)c2c1I. The molecule has 1 aromatic heterocycles. The normalized spacial score (nSPS) is 11.6. The van der Waals surface area contributed by atoms with Crippen LogP contribution in [0.2, 0.25) is 0 Å². The van der Waals surface area contributed by atoms with Crippen molar-refractivity contribution in [1.82, 2.24) is 9.88 Å². The van der Waals surface area contributed by atoms with Crippen molar-refractivity contribution in [3.63, 3.8) is 0 Å². The van der Waals surface area contributed by atoms with Gasteiger partial charge in [0.1, 0.15) is 0 Å². The minimum absolute atomic E-state index is 1.09. The fraction of sp³-hybridized carbons (Fsp3) is 0.385. The van der Waals surface area contributed by atoms with E-state index in [9.17, 15) is 0 Å². The summed E-state index contributed by atoms with van der Waals surface area (Å²) in [4.78, 5) is 5.58. The number of benzene rings is 1. The number of nitrogens with zero attached hydrogens (tertiary/aromatic N) is 1. The van der Waals surface area contributed by atoms with Gasteiger partial charge in [-0.3, -0.25) is 0 Å². The lowest BCUT2D eigenvalue weighted by atomic mass is 10.1. The molecule has 1 N–H and O–H groups in total. The van der Waals surface area contributed by atoms with Crippen LogP contribution < -0.4 is 0 Å². The second-order valence-corrected chi connectivity index (χ2v) is 5.56. The van der Waals surface area contributed by atoms with E-state index in [0.717, 1.165) is 13.0 Å². The zero-order chi connectivity index (χ0) is 11.7. The lowest BCUT2D eigenvalue weighted by Crippen LogP contribution is -2.14. The summed E-state index contributed by atoms with van der Waals surface area (Å²) in [5.74, 6) is 0. The standard InChI is InChI=1S/C13H17IN2/c1-9-4-5-11-12(13(9)14)10(8-15-11)6-7-16(2)3/h4-5,8,15H,6-7H2,1-3H3. The molecule has 0 aliphatic carbocycles. The van der Waals surface area contributed by atoms with E-state index in [2.05, 4.69) is 71.8 Å². The van der Waals surface area contributed by atoms with Crippen LogP contribution in [0.3, 0.4) is 0 Å². The summed E-state index contributed by atoms with van der Waals surface area (Å²) in [6, 6.07) is 4.35. The Morgan fingerprint density at radius 2 is 2.06 bits per heavy atom. The molecule has 0 amide bonds. The lowest BCUT2D eigenvalue weighted by Gasteiger charge is -2.09. The van der Waals surface area contributed by atoms with Crippen LogP contribution in [0.15, 0.2) is 18.3 Å². The Kier molecular flexibility index (Phi) is 3.54. The first-order chi connectivity index (χ1) is 7.59. The highest BCUT2D eigenvalue weighted by atomic mass is 127. The number of hydrogen-bond donors (Lipinski definition) is 1. The number of likely N-dealkylation sites (N-methyl/N-ethyl adjacent to an activating group) is 1. The molecule has 1 aromatic carbocycles. The van der Waals surface area contributed by atoms with E-state index >= 15 is 0 Å². The van der Waals surface area contributed by atoms with Gasteiger partial charge < -0.3 is 9.88 Å². The predicted molar refractivity (Wildman–Crippen MR) is 78.0 cm³/mol. The highest BCUT2D eigenvalue weighted by molar-refractivity contribution is 14.1. The number of halogens is 1. The van der Waals surface area contributed by atoms with Crippen molar-refractivity contribution in [2.45, 2.75) is 13.3 Å². The molecule has 16 heavy (non-hydrogen) atoms. The molecule has 2 rings (SSSR count). The topological polar surface area (TPSA) is 19.0 Å². The molecule has 0 atom stereocenters. The minimum Gasteiger partial charge on any atom is -0.361 e. The van der Waals surface area contributed by atoms with Crippen LogP contribution in [0.1, 0.15) is 11.1 Å². The molecule has 2 nitrogen and oxygen atoms in total. The molecule has 0 aliphatic heterocycles. The van der Waals surface area contributed by atoms with Crippen LogP contribution in [0.5, 0.6) is 0 Å². The molecule has 0 spiro atoms. The third-order valence-electron chi connectivity index (χ3n) is 2.89. The smallest absolute Gasteiger partial charge is 0.0467 e. The maximum Gasteiger partial charge on any atom is 0.0467 e. The van der Waals surface area contributed by atoms with Crippen molar-refractivity contribution in [2.24, 2.45) is 0 Å². The van der Waals surface area contributed by atoms with Gasteiger partial charge >= 0.3 is 0 Å². The summed E-state index contributed by atoms with van der Waals surface area (Å²) in [6.45, 7) is 3.26. The molecule has 0 radical (unpaired) electrons. The third-order valence-corrected chi connectivity index (χ3v) is 4.28.